The molecule has 118 valence electrons. The molecule has 0 aromatic heterocycles. The second kappa shape index (κ2) is 7.11. The Morgan fingerprint density at radius 2 is 1.76 bits per heavy atom. The summed E-state index contributed by atoms with van der Waals surface area (Å²) in [6.07, 6.45) is -0.608. The first-order valence-corrected chi connectivity index (χ1v) is 8.79. The maximum absolute atomic E-state index is 11.3. The zero-order chi connectivity index (χ0) is 15.3. The van der Waals surface area contributed by atoms with E-state index in [1.165, 1.54) is 0 Å². The smallest absolute Gasteiger partial charge is 0.161 e. The highest BCUT2D eigenvalue weighted by molar-refractivity contribution is 7.91. The lowest BCUT2D eigenvalue weighted by Gasteiger charge is -2.25. The molecule has 0 spiro atoms. The molecule has 1 aliphatic heterocycles. The maximum atomic E-state index is 11.3. The Hall–Kier alpha value is -1.31. The van der Waals surface area contributed by atoms with Crippen molar-refractivity contribution in [2.75, 3.05) is 44.9 Å². The monoisotopic (exact) mass is 316 g/mol. The summed E-state index contributed by atoms with van der Waals surface area (Å²) in [6.45, 7) is 1.82. The van der Waals surface area contributed by atoms with Crippen LogP contribution in [0.3, 0.4) is 0 Å². The molecule has 1 atom stereocenters. The van der Waals surface area contributed by atoms with Crippen molar-refractivity contribution in [3.8, 4) is 11.5 Å². The van der Waals surface area contributed by atoms with Gasteiger partial charge < -0.3 is 19.5 Å². The Kier molecular flexibility index (Phi) is 5.44. The molecule has 0 bridgehead atoms. The molecular weight excluding hydrogens is 294 g/mol. The molecule has 2 N–H and O–H groups in total. The molecule has 0 radical (unpaired) electrons. The standard InChI is InChI=1S/C14H21NO5S/c1-19-13-2-4-14(5-3-13)20-11-12(16)10-15-6-8-21(17,18)9-7-15/h2-5,12,16H,6-11H2,1H3/p+1/t12-/m0/s1. The van der Waals surface area contributed by atoms with Crippen molar-refractivity contribution in [2.24, 2.45) is 0 Å². The number of hydrogen-bond donors (Lipinski definition) is 2. The fourth-order valence-corrected chi connectivity index (χ4v) is 3.69. The zero-order valence-electron chi connectivity index (χ0n) is 12.1. The van der Waals surface area contributed by atoms with Crippen LogP contribution in [0.4, 0.5) is 0 Å². The number of quaternary nitrogens is 1. The predicted molar refractivity (Wildman–Crippen MR) is 78.7 cm³/mol. The first kappa shape index (κ1) is 16.1. The van der Waals surface area contributed by atoms with Crippen molar-refractivity contribution in [3.63, 3.8) is 0 Å². The molecule has 1 saturated heterocycles. The van der Waals surface area contributed by atoms with Crippen molar-refractivity contribution in [2.45, 2.75) is 6.10 Å². The van der Waals surface area contributed by atoms with Crippen LogP contribution in [0.5, 0.6) is 11.5 Å². The topological polar surface area (TPSA) is 77.3 Å². The Labute approximate surface area is 125 Å². The Bertz CT molecular complexity index is 529. The van der Waals surface area contributed by atoms with Crippen molar-refractivity contribution in [1.29, 1.82) is 0 Å². The summed E-state index contributed by atoms with van der Waals surface area (Å²) in [7, 11) is -1.26. The van der Waals surface area contributed by atoms with Crippen molar-refractivity contribution >= 4 is 9.84 Å². The molecule has 2 rings (SSSR count). The van der Waals surface area contributed by atoms with Gasteiger partial charge in [0, 0.05) is 0 Å². The summed E-state index contributed by atoms with van der Waals surface area (Å²) in [4.78, 5) is 1.11. The molecule has 1 aromatic rings. The van der Waals surface area contributed by atoms with E-state index in [1.807, 2.05) is 0 Å². The zero-order valence-corrected chi connectivity index (χ0v) is 12.9. The Morgan fingerprint density at radius 3 is 2.33 bits per heavy atom. The minimum atomic E-state index is -2.86. The predicted octanol–water partition coefficient (Wildman–Crippen LogP) is -1.25. The summed E-state index contributed by atoms with van der Waals surface area (Å²) in [5.41, 5.74) is 0. The summed E-state index contributed by atoms with van der Waals surface area (Å²) < 4.78 is 33.2. The van der Waals surface area contributed by atoms with Crippen LogP contribution in [0.2, 0.25) is 0 Å². The minimum absolute atomic E-state index is 0.197. The number of aliphatic hydroxyl groups is 1. The van der Waals surface area contributed by atoms with Gasteiger partial charge >= 0.3 is 0 Å². The van der Waals surface area contributed by atoms with Gasteiger partial charge in [0.15, 0.2) is 9.84 Å². The number of benzene rings is 1. The van der Waals surface area contributed by atoms with E-state index in [9.17, 15) is 13.5 Å². The summed E-state index contributed by atoms with van der Waals surface area (Å²) in [6, 6.07) is 7.16. The number of ether oxygens (including phenoxy) is 2. The number of methoxy groups -OCH3 is 1. The summed E-state index contributed by atoms with van der Waals surface area (Å²) >= 11 is 0. The molecule has 6 nitrogen and oxygen atoms in total. The summed E-state index contributed by atoms with van der Waals surface area (Å²) in [5.74, 6) is 1.83. The van der Waals surface area contributed by atoms with Gasteiger partial charge in [-0.25, -0.2) is 8.42 Å². The van der Waals surface area contributed by atoms with Crippen LogP contribution in [0.15, 0.2) is 24.3 Å². The fraction of sp³-hybridized carbons (Fsp3) is 0.571. The molecule has 1 aliphatic rings. The lowest BCUT2D eigenvalue weighted by Crippen LogP contribution is -3.15. The van der Waals surface area contributed by atoms with Crippen LogP contribution in [0, 0.1) is 0 Å². The second-order valence-corrected chi connectivity index (χ2v) is 7.55. The first-order valence-electron chi connectivity index (χ1n) is 6.97. The van der Waals surface area contributed by atoms with Crippen LogP contribution >= 0.6 is 0 Å². The van der Waals surface area contributed by atoms with Gasteiger partial charge in [-0.15, -0.1) is 0 Å². The van der Waals surface area contributed by atoms with E-state index >= 15 is 0 Å². The Morgan fingerprint density at radius 1 is 1.19 bits per heavy atom. The average molecular weight is 316 g/mol. The van der Waals surface area contributed by atoms with Crippen molar-refractivity contribution in [1.82, 2.24) is 0 Å². The van der Waals surface area contributed by atoms with Crippen molar-refractivity contribution < 1.29 is 27.9 Å². The molecule has 7 heteroatoms. The van der Waals surface area contributed by atoms with Gasteiger partial charge in [0.2, 0.25) is 0 Å². The van der Waals surface area contributed by atoms with Crippen molar-refractivity contribution in [3.05, 3.63) is 24.3 Å². The minimum Gasteiger partial charge on any atom is -0.497 e. The largest absolute Gasteiger partial charge is 0.497 e. The Balaban J connectivity index is 1.73. The van der Waals surface area contributed by atoms with E-state index in [0.29, 0.717) is 25.4 Å². The van der Waals surface area contributed by atoms with Gasteiger partial charge in [-0.05, 0) is 24.3 Å². The van der Waals surface area contributed by atoms with Crippen LogP contribution in [-0.2, 0) is 9.84 Å². The number of hydrogen-bond acceptors (Lipinski definition) is 5. The van der Waals surface area contributed by atoms with Gasteiger partial charge in [-0.2, -0.15) is 0 Å². The van der Waals surface area contributed by atoms with Gasteiger partial charge in [0.05, 0.1) is 31.7 Å². The van der Waals surface area contributed by atoms with Gasteiger partial charge in [-0.1, -0.05) is 0 Å². The van der Waals surface area contributed by atoms with E-state index in [4.69, 9.17) is 9.47 Å². The number of nitrogens with one attached hydrogen (secondary N) is 1. The van der Waals surface area contributed by atoms with Crippen LogP contribution in [0.25, 0.3) is 0 Å². The highest BCUT2D eigenvalue weighted by Gasteiger charge is 2.26. The summed E-state index contributed by atoms with van der Waals surface area (Å²) in [5, 5.41) is 9.97. The average Bonchev–Trinajstić information content (AvgIpc) is 2.48. The molecule has 1 heterocycles. The third-order valence-electron chi connectivity index (χ3n) is 3.56. The molecule has 0 amide bonds. The van der Waals surface area contributed by atoms with Crippen LogP contribution < -0.4 is 14.4 Å². The van der Waals surface area contributed by atoms with E-state index in [1.54, 1.807) is 31.4 Å². The number of aliphatic hydroxyl groups excluding tert-OH is 1. The maximum Gasteiger partial charge on any atom is 0.161 e. The second-order valence-electron chi connectivity index (χ2n) is 5.25. The van der Waals surface area contributed by atoms with Crippen LogP contribution in [-0.4, -0.2) is 64.5 Å². The quantitative estimate of drug-likeness (QED) is 0.686. The molecule has 21 heavy (non-hydrogen) atoms. The SMILES string of the molecule is COc1ccc(OC[C@@H](O)C[NH+]2CCS(=O)(=O)CC2)cc1. The van der Waals surface area contributed by atoms with E-state index in [2.05, 4.69) is 0 Å². The molecule has 0 aliphatic carbocycles. The lowest BCUT2D eigenvalue weighted by atomic mass is 10.3. The first-order chi connectivity index (χ1) is 9.98. The van der Waals surface area contributed by atoms with E-state index in [0.717, 1.165) is 10.6 Å². The highest BCUT2D eigenvalue weighted by atomic mass is 32.2. The van der Waals surface area contributed by atoms with Crippen LogP contribution in [0.1, 0.15) is 0 Å². The van der Waals surface area contributed by atoms with E-state index in [-0.39, 0.29) is 18.1 Å². The number of rotatable bonds is 6. The van der Waals surface area contributed by atoms with Gasteiger partial charge in [0.25, 0.3) is 0 Å². The number of sulfone groups is 1. The third kappa shape index (κ3) is 5.18. The highest BCUT2D eigenvalue weighted by Crippen LogP contribution is 2.16. The molecule has 0 unspecified atom stereocenters. The molecule has 0 saturated carbocycles. The van der Waals surface area contributed by atoms with Gasteiger partial charge in [-0.3, -0.25) is 0 Å². The normalized spacial score (nSPS) is 19.9. The van der Waals surface area contributed by atoms with Gasteiger partial charge in [0.1, 0.15) is 30.8 Å². The molecule has 1 fully saturated rings. The fourth-order valence-electron chi connectivity index (χ4n) is 2.29. The van der Waals surface area contributed by atoms with E-state index < -0.39 is 15.9 Å². The third-order valence-corrected chi connectivity index (χ3v) is 5.21. The molecular formula is C14H22NO5S+. The lowest BCUT2D eigenvalue weighted by molar-refractivity contribution is -0.899. The molecule has 1 aromatic carbocycles.